The summed E-state index contributed by atoms with van der Waals surface area (Å²) < 4.78 is 5.89. The van der Waals surface area contributed by atoms with Crippen LogP contribution in [-0.2, 0) is 9.53 Å². The Morgan fingerprint density at radius 2 is 1.32 bits per heavy atom. The molecule has 2 heteroatoms. The van der Waals surface area contributed by atoms with E-state index >= 15 is 0 Å². The molecular formula is C17H34O2. The number of carbonyl (C=O) groups is 1. The van der Waals surface area contributed by atoms with Gasteiger partial charge in [-0.25, -0.2) is 0 Å². The molecule has 0 rings (SSSR count). The first-order chi connectivity index (χ1) is 9.13. The highest BCUT2D eigenvalue weighted by Gasteiger charge is 2.31. The zero-order valence-corrected chi connectivity index (χ0v) is 13.6. The maximum absolute atomic E-state index is 11.7. The van der Waals surface area contributed by atoms with Crippen LogP contribution in [0.5, 0.6) is 0 Å². The van der Waals surface area contributed by atoms with Gasteiger partial charge in [0.05, 0.1) is 0 Å². The number of carbonyl (C=O) groups excluding carboxylic acids is 1. The molecule has 0 saturated heterocycles. The highest BCUT2D eigenvalue weighted by Crippen LogP contribution is 2.22. The van der Waals surface area contributed by atoms with Crippen molar-refractivity contribution in [3.05, 3.63) is 0 Å². The van der Waals surface area contributed by atoms with Crippen molar-refractivity contribution in [2.75, 3.05) is 6.61 Å². The van der Waals surface area contributed by atoms with Gasteiger partial charge in [0.15, 0.2) is 5.78 Å². The van der Waals surface area contributed by atoms with Crippen LogP contribution < -0.4 is 0 Å². The zero-order valence-electron chi connectivity index (χ0n) is 13.6. The van der Waals surface area contributed by atoms with Crippen LogP contribution in [0.1, 0.15) is 91.9 Å². The Balaban J connectivity index is 3.59. The molecule has 114 valence electrons. The van der Waals surface area contributed by atoms with Crippen molar-refractivity contribution in [2.24, 2.45) is 0 Å². The number of hydrogen-bond acceptors (Lipinski definition) is 2. The van der Waals surface area contributed by atoms with Gasteiger partial charge in [0.1, 0.15) is 5.60 Å². The van der Waals surface area contributed by atoms with Gasteiger partial charge in [-0.05, 0) is 26.2 Å². The molecule has 0 atom stereocenters. The Bertz CT molecular complexity index is 219. The van der Waals surface area contributed by atoms with Gasteiger partial charge in [-0.1, -0.05) is 65.7 Å². The quantitative estimate of drug-likeness (QED) is 0.425. The van der Waals surface area contributed by atoms with Gasteiger partial charge in [0.2, 0.25) is 0 Å². The SMILES string of the molecule is CCCCCCCCCCOC(CC)(CC)C(C)=O. The summed E-state index contributed by atoms with van der Waals surface area (Å²) in [6.07, 6.45) is 12.0. The Hall–Kier alpha value is -0.370. The van der Waals surface area contributed by atoms with Crippen LogP contribution in [0, 0.1) is 0 Å². The van der Waals surface area contributed by atoms with E-state index in [4.69, 9.17) is 4.74 Å². The Kier molecular flexibility index (Phi) is 11.2. The molecule has 0 radical (unpaired) electrons. The molecule has 0 amide bonds. The van der Waals surface area contributed by atoms with Crippen LogP contribution in [0.15, 0.2) is 0 Å². The van der Waals surface area contributed by atoms with Crippen LogP contribution in [0.2, 0.25) is 0 Å². The second-order valence-corrected chi connectivity index (χ2v) is 5.58. The van der Waals surface area contributed by atoms with Gasteiger partial charge in [-0.3, -0.25) is 4.79 Å². The van der Waals surface area contributed by atoms with Crippen molar-refractivity contribution in [1.29, 1.82) is 0 Å². The molecule has 0 aromatic carbocycles. The molecule has 0 spiro atoms. The van der Waals surface area contributed by atoms with E-state index < -0.39 is 5.60 Å². The van der Waals surface area contributed by atoms with Gasteiger partial charge in [-0.2, -0.15) is 0 Å². The summed E-state index contributed by atoms with van der Waals surface area (Å²) in [5.74, 6) is 0.178. The zero-order chi connectivity index (χ0) is 14.6. The van der Waals surface area contributed by atoms with E-state index in [1.807, 2.05) is 13.8 Å². The highest BCUT2D eigenvalue weighted by atomic mass is 16.5. The van der Waals surface area contributed by atoms with Crippen molar-refractivity contribution >= 4 is 5.78 Å². The average Bonchev–Trinajstić information content (AvgIpc) is 2.41. The van der Waals surface area contributed by atoms with Crippen LogP contribution in [0.25, 0.3) is 0 Å². The predicted octanol–water partition coefficient (Wildman–Crippen LogP) is 5.29. The summed E-state index contributed by atoms with van der Waals surface area (Å²) in [6, 6.07) is 0. The standard InChI is InChI=1S/C17H34O2/c1-5-8-9-10-11-12-13-14-15-19-17(6-2,7-3)16(4)18/h5-15H2,1-4H3. The molecule has 0 bridgehead atoms. The lowest BCUT2D eigenvalue weighted by molar-refractivity contribution is -0.144. The molecule has 0 aromatic heterocycles. The third kappa shape index (κ3) is 7.71. The minimum atomic E-state index is -0.513. The normalized spacial score (nSPS) is 11.8. The smallest absolute Gasteiger partial charge is 0.161 e. The van der Waals surface area contributed by atoms with E-state index in [0.29, 0.717) is 0 Å². The lowest BCUT2D eigenvalue weighted by atomic mass is 9.93. The predicted molar refractivity (Wildman–Crippen MR) is 82.6 cm³/mol. The average molecular weight is 270 g/mol. The molecule has 0 N–H and O–H groups in total. The first kappa shape index (κ1) is 18.6. The fraction of sp³-hybridized carbons (Fsp3) is 0.941. The molecule has 0 aliphatic rings. The van der Waals surface area contributed by atoms with Gasteiger partial charge < -0.3 is 4.74 Å². The second kappa shape index (κ2) is 11.5. The monoisotopic (exact) mass is 270 g/mol. The van der Waals surface area contributed by atoms with Crippen molar-refractivity contribution in [3.63, 3.8) is 0 Å². The summed E-state index contributed by atoms with van der Waals surface area (Å²) in [7, 11) is 0. The van der Waals surface area contributed by atoms with Crippen molar-refractivity contribution in [2.45, 2.75) is 97.5 Å². The highest BCUT2D eigenvalue weighted by molar-refractivity contribution is 5.84. The van der Waals surface area contributed by atoms with Crippen LogP contribution in [0.3, 0.4) is 0 Å². The molecular weight excluding hydrogens is 236 g/mol. The number of Topliss-reactive ketones (excluding diaryl/α,β-unsaturated/α-hetero) is 1. The van der Waals surface area contributed by atoms with Gasteiger partial charge in [0, 0.05) is 6.61 Å². The van der Waals surface area contributed by atoms with E-state index in [-0.39, 0.29) is 5.78 Å². The van der Waals surface area contributed by atoms with Crippen molar-refractivity contribution in [1.82, 2.24) is 0 Å². The molecule has 2 nitrogen and oxygen atoms in total. The summed E-state index contributed by atoms with van der Waals surface area (Å²) in [5.41, 5.74) is -0.513. The fourth-order valence-electron chi connectivity index (χ4n) is 2.56. The van der Waals surface area contributed by atoms with E-state index in [1.54, 1.807) is 6.92 Å². The topological polar surface area (TPSA) is 26.3 Å². The number of hydrogen-bond donors (Lipinski definition) is 0. The third-order valence-corrected chi connectivity index (χ3v) is 4.16. The minimum Gasteiger partial charge on any atom is -0.367 e. The molecule has 0 heterocycles. The number of ketones is 1. The third-order valence-electron chi connectivity index (χ3n) is 4.16. The van der Waals surface area contributed by atoms with E-state index in [9.17, 15) is 4.79 Å². The fourth-order valence-corrected chi connectivity index (χ4v) is 2.56. The number of rotatable bonds is 13. The van der Waals surface area contributed by atoms with E-state index in [1.165, 1.54) is 44.9 Å². The Morgan fingerprint density at radius 3 is 1.74 bits per heavy atom. The molecule has 0 aromatic rings. The van der Waals surface area contributed by atoms with Crippen molar-refractivity contribution in [3.8, 4) is 0 Å². The maximum Gasteiger partial charge on any atom is 0.161 e. The van der Waals surface area contributed by atoms with E-state index in [0.717, 1.165) is 25.9 Å². The summed E-state index contributed by atoms with van der Waals surface area (Å²) in [5, 5.41) is 0. The van der Waals surface area contributed by atoms with Crippen LogP contribution in [-0.4, -0.2) is 18.0 Å². The van der Waals surface area contributed by atoms with E-state index in [2.05, 4.69) is 6.92 Å². The molecule has 0 fully saturated rings. The molecule has 0 aliphatic heterocycles. The first-order valence-electron chi connectivity index (χ1n) is 8.28. The summed E-state index contributed by atoms with van der Waals surface area (Å²) in [6.45, 7) is 8.72. The largest absolute Gasteiger partial charge is 0.367 e. The lowest BCUT2D eigenvalue weighted by Crippen LogP contribution is -2.39. The molecule has 0 saturated carbocycles. The molecule has 0 unspecified atom stereocenters. The molecule has 0 aliphatic carbocycles. The van der Waals surface area contributed by atoms with Gasteiger partial charge in [-0.15, -0.1) is 0 Å². The van der Waals surface area contributed by atoms with Crippen LogP contribution in [0.4, 0.5) is 0 Å². The lowest BCUT2D eigenvalue weighted by Gasteiger charge is -2.29. The van der Waals surface area contributed by atoms with Crippen LogP contribution >= 0.6 is 0 Å². The Labute approximate surface area is 120 Å². The molecule has 19 heavy (non-hydrogen) atoms. The number of ether oxygens (including phenoxy) is 1. The maximum atomic E-state index is 11.7. The Morgan fingerprint density at radius 1 is 0.842 bits per heavy atom. The van der Waals surface area contributed by atoms with Gasteiger partial charge in [0.25, 0.3) is 0 Å². The first-order valence-corrected chi connectivity index (χ1v) is 8.28. The van der Waals surface area contributed by atoms with Gasteiger partial charge >= 0.3 is 0 Å². The summed E-state index contributed by atoms with van der Waals surface area (Å²) >= 11 is 0. The number of unbranched alkanes of at least 4 members (excludes halogenated alkanes) is 7. The minimum absolute atomic E-state index is 0.178. The van der Waals surface area contributed by atoms with Crippen molar-refractivity contribution < 1.29 is 9.53 Å². The second-order valence-electron chi connectivity index (χ2n) is 5.58. The summed E-state index contributed by atoms with van der Waals surface area (Å²) in [4.78, 5) is 11.7.